The van der Waals surface area contributed by atoms with E-state index >= 15 is 0 Å². The number of hydrogen-bond acceptors (Lipinski definition) is 9. The van der Waals surface area contributed by atoms with Gasteiger partial charge < -0.3 is 47.9 Å². The molecule has 11 nitrogen and oxygen atoms in total. The highest BCUT2D eigenvalue weighted by atomic mass is 35.5. The van der Waals surface area contributed by atoms with Crippen molar-refractivity contribution in [3.8, 4) is 34.5 Å². The van der Waals surface area contributed by atoms with E-state index in [2.05, 4.69) is 7.05 Å². The lowest BCUT2D eigenvalue weighted by Crippen LogP contribution is -2.52. The summed E-state index contributed by atoms with van der Waals surface area (Å²) in [6.45, 7) is 1.31. The molecule has 1 N–H and O–H groups in total. The number of benzene rings is 2. The Morgan fingerprint density at radius 3 is 1.88 bits per heavy atom. The first-order valence-electron chi connectivity index (χ1n) is 13.2. The Kier molecular flexibility index (Phi) is 14.2. The third-order valence-electron chi connectivity index (χ3n) is 7.76. The van der Waals surface area contributed by atoms with Gasteiger partial charge in [-0.25, -0.2) is 4.79 Å². The van der Waals surface area contributed by atoms with Crippen molar-refractivity contribution in [3.63, 3.8) is 0 Å². The van der Waals surface area contributed by atoms with Gasteiger partial charge in [-0.1, -0.05) is 0 Å². The maximum Gasteiger partial charge on any atom is 0.328 e. The van der Waals surface area contributed by atoms with Gasteiger partial charge in [0.25, 0.3) is 0 Å². The number of carbonyl (C=O) groups is 2. The summed E-state index contributed by atoms with van der Waals surface area (Å²) in [7, 11) is 11.5. The number of carboxylic acids is 2. The SMILES string of the molecule is COc1cc(C[C@@H]2c3c(cc(OC)c(OC)c3OC)CC[N@@+]2(C)CCCC(=CC(=O)O)C(=O)[O-])cc(OC)c1OC.Cl.Cl. The fourth-order valence-electron chi connectivity index (χ4n) is 5.72. The molecular weight excluding hydrogens is 605 g/mol. The number of rotatable bonds is 14. The summed E-state index contributed by atoms with van der Waals surface area (Å²) in [6, 6.07) is 5.64. The van der Waals surface area contributed by atoms with Crippen molar-refractivity contribution in [3.05, 3.63) is 46.5 Å². The van der Waals surface area contributed by atoms with Crippen LogP contribution in [-0.4, -0.2) is 84.3 Å². The molecule has 0 bridgehead atoms. The molecule has 0 saturated heterocycles. The molecule has 2 aromatic rings. The van der Waals surface area contributed by atoms with Gasteiger partial charge in [-0.05, 0) is 41.3 Å². The molecule has 13 heteroatoms. The zero-order valence-corrected chi connectivity index (χ0v) is 27.1. The minimum atomic E-state index is -1.48. The average Bonchev–Trinajstić information content (AvgIpc) is 2.96. The number of methoxy groups -OCH3 is 6. The second kappa shape index (κ2) is 16.3. The quantitative estimate of drug-likeness (QED) is 0.241. The summed E-state index contributed by atoms with van der Waals surface area (Å²) in [4.78, 5) is 22.7. The Labute approximate surface area is 264 Å². The lowest BCUT2D eigenvalue weighted by atomic mass is 9.85. The maximum absolute atomic E-state index is 11.5. The first kappa shape index (κ1) is 37.5. The number of carboxylic acid groups (broad SMARTS) is 2. The summed E-state index contributed by atoms with van der Waals surface area (Å²) < 4.78 is 34.5. The van der Waals surface area contributed by atoms with E-state index in [9.17, 15) is 14.7 Å². The van der Waals surface area contributed by atoms with Crippen LogP contribution in [0.25, 0.3) is 0 Å². The second-order valence-corrected chi connectivity index (χ2v) is 10.0. The van der Waals surface area contributed by atoms with Crippen LogP contribution in [0.2, 0.25) is 0 Å². The lowest BCUT2D eigenvalue weighted by molar-refractivity contribution is -0.941. The Hall–Kier alpha value is -3.54. The van der Waals surface area contributed by atoms with Gasteiger partial charge in [0.1, 0.15) is 6.04 Å². The van der Waals surface area contributed by atoms with E-state index in [1.54, 1.807) is 42.7 Å². The van der Waals surface area contributed by atoms with Gasteiger partial charge in [0.15, 0.2) is 23.0 Å². The molecule has 1 heterocycles. The summed E-state index contributed by atoms with van der Waals surface area (Å²) in [5.74, 6) is 0.388. The zero-order chi connectivity index (χ0) is 30.3. The molecule has 43 heavy (non-hydrogen) atoms. The van der Waals surface area contributed by atoms with Gasteiger partial charge >= 0.3 is 5.97 Å². The van der Waals surface area contributed by atoms with Gasteiger partial charge in [-0.15, -0.1) is 24.8 Å². The smallest absolute Gasteiger partial charge is 0.328 e. The number of aliphatic carboxylic acids is 2. The predicted molar refractivity (Wildman–Crippen MR) is 163 cm³/mol. The van der Waals surface area contributed by atoms with E-state index in [1.807, 2.05) is 18.2 Å². The molecule has 1 aliphatic heterocycles. The standard InChI is InChI=1S/C30H39NO10.2ClH/c1-31(11-8-9-20(30(34)35)17-25(32)33)12-10-19-16-24(38-4)28(40-6)29(41-7)26(19)21(31)13-18-14-22(36-2)27(39-5)23(15-18)37-3;;/h14-17,21H,8-13H2,1-7H3,(H-,32,33,34,35);2*1H/t21-,31-;;/m1../s1. The molecule has 0 aliphatic carbocycles. The lowest BCUT2D eigenvalue weighted by Gasteiger charge is -2.46. The van der Waals surface area contributed by atoms with Crippen LogP contribution in [0.5, 0.6) is 34.5 Å². The fourth-order valence-corrected chi connectivity index (χ4v) is 5.72. The number of ether oxygens (including phenoxy) is 6. The molecule has 1 aliphatic rings. The minimum Gasteiger partial charge on any atom is -0.545 e. The number of likely N-dealkylation sites (N-methyl/N-ethyl adjacent to an activating group) is 1. The molecule has 0 unspecified atom stereocenters. The molecule has 240 valence electrons. The van der Waals surface area contributed by atoms with Gasteiger partial charge in [0.2, 0.25) is 11.5 Å². The number of carbonyl (C=O) groups excluding carboxylic acids is 1. The van der Waals surface area contributed by atoms with Gasteiger partial charge in [0, 0.05) is 25.3 Å². The van der Waals surface area contributed by atoms with Crippen molar-refractivity contribution < 1.29 is 52.7 Å². The van der Waals surface area contributed by atoms with Crippen molar-refractivity contribution in [1.82, 2.24) is 0 Å². The van der Waals surface area contributed by atoms with Gasteiger partial charge in [-0.3, -0.25) is 0 Å². The molecule has 0 radical (unpaired) electrons. The third-order valence-corrected chi connectivity index (χ3v) is 7.76. The Balaban J connectivity index is 0.00000462. The fraction of sp³-hybridized carbons (Fsp3) is 0.467. The second-order valence-electron chi connectivity index (χ2n) is 10.0. The predicted octanol–water partition coefficient (Wildman–Crippen LogP) is 3.41. The Morgan fingerprint density at radius 2 is 1.42 bits per heavy atom. The Morgan fingerprint density at radius 1 is 0.884 bits per heavy atom. The van der Waals surface area contributed by atoms with Crippen LogP contribution in [0.1, 0.15) is 35.6 Å². The first-order chi connectivity index (χ1) is 19.6. The monoisotopic (exact) mass is 645 g/mol. The van der Waals surface area contributed by atoms with E-state index in [0.29, 0.717) is 70.9 Å². The van der Waals surface area contributed by atoms with E-state index in [1.165, 1.54) is 0 Å². The van der Waals surface area contributed by atoms with Crippen molar-refractivity contribution in [2.24, 2.45) is 0 Å². The molecule has 0 saturated carbocycles. The van der Waals surface area contributed by atoms with Crippen molar-refractivity contribution in [1.29, 1.82) is 0 Å². The van der Waals surface area contributed by atoms with Crippen molar-refractivity contribution in [2.45, 2.75) is 31.7 Å². The molecular formula is C30H41Cl2NO10. The van der Waals surface area contributed by atoms with Gasteiger partial charge in [-0.2, -0.15) is 0 Å². The van der Waals surface area contributed by atoms with Crippen LogP contribution < -0.4 is 33.5 Å². The summed E-state index contributed by atoms with van der Waals surface area (Å²) in [6.07, 6.45) is 2.46. The maximum atomic E-state index is 11.5. The highest BCUT2D eigenvalue weighted by molar-refractivity contribution is 5.93. The average molecular weight is 647 g/mol. The van der Waals surface area contributed by atoms with E-state index < -0.39 is 11.9 Å². The Bertz CT molecular complexity index is 1290. The van der Waals surface area contributed by atoms with Crippen molar-refractivity contribution in [2.75, 3.05) is 62.8 Å². The number of halogens is 2. The van der Waals surface area contributed by atoms with E-state index in [-0.39, 0.29) is 42.8 Å². The molecule has 0 spiro atoms. The number of quaternary nitrogens is 1. The molecule has 3 rings (SSSR count). The van der Waals surface area contributed by atoms with Crippen LogP contribution in [0, 0.1) is 0 Å². The van der Waals surface area contributed by atoms with Crippen LogP contribution in [0.15, 0.2) is 29.8 Å². The number of hydrogen-bond donors (Lipinski definition) is 1. The highest BCUT2D eigenvalue weighted by Crippen LogP contribution is 2.51. The van der Waals surface area contributed by atoms with Crippen LogP contribution in [0.3, 0.4) is 0 Å². The summed E-state index contributed by atoms with van der Waals surface area (Å²) in [5, 5.41) is 20.6. The van der Waals surface area contributed by atoms with Crippen LogP contribution >= 0.6 is 24.8 Å². The van der Waals surface area contributed by atoms with E-state index in [0.717, 1.165) is 23.2 Å². The topological polar surface area (TPSA) is 133 Å². The van der Waals surface area contributed by atoms with Gasteiger partial charge in [0.05, 0.1) is 74.3 Å². The number of fused-ring (bicyclic) bond motifs is 1. The summed E-state index contributed by atoms with van der Waals surface area (Å²) in [5.41, 5.74) is 2.72. The third kappa shape index (κ3) is 8.10. The first-order valence-corrected chi connectivity index (χ1v) is 13.2. The summed E-state index contributed by atoms with van der Waals surface area (Å²) >= 11 is 0. The largest absolute Gasteiger partial charge is 0.545 e. The molecule has 2 atom stereocenters. The highest BCUT2D eigenvalue weighted by Gasteiger charge is 2.43. The normalized spacial score (nSPS) is 17.4. The molecule has 0 amide bonds. The molecule has 0 aromatic heterocycles. The minimum absolute atomic E-state index is 0. The van der Waals surface area contributed by atoms with Crippen LogP contribution in [-0.2, 0) is 22.4 Å². The zero-order valence-electron chi connectivity index (χ0n) is 25.5. The molecule has 0 fully saturated rings. The van der Waals surface area contributed by atoms with E-state index in [4.69, 9.17) is 33.5 Å². The number of nitrogens with zero attached hydrogens (tertiary/aromatic N) is 1. The van der Waals surface area contributed by atoms with Crippen LogP contribution in [0.4, 0.5) is 0 Å². The molecule has 2 aromatic carbocycles. The van der Waals surface area contributed by atoms with Crippen molar-refractivity contribution >= 4 is 36.8 Å².